The maximum absolute atomic E-state index is 11.6. The molecule has 0 bridgehead atoms. The van der Waals surface area contributed by atoms with Crippen LogP contribution in [-0.4, -0.2) is 55.2 Å². The zero-order chi connectivity index (χ0) is 13.3. The van der Waals surface area contributed by atoms with Gasteiger partial charge in [0.1, 0.15) is 0 Å². The first-order chi connectivity index (χ1) is 7.97. The Labute approximate surface area is 109 Å². The van der Waals surface area contributed by atoms with E-state index in [1.807, 2.05) is 18.7 Å². The molecule has 100 valence electrons. The molecule has 1 amide bonds. The molecule has 0 aromatic rings. The smallest absolute Gasteiger partial charge is 0.234 e. The molecule has 0 atom stereocenters. The molecule has 5 nitrogen and oxygen atoms in total. The average molecular weight is 261 g/mol. The second-order valence-electron chi connectivity index (χ2n) is 4.12. The first-order valence-electron chi connectivity index (χ1n) is 5.75. The van der Waals surface area contributed by atoms with Crippen LogP contribution in [-0.2, 0) is 9.53 Å². The third kappa shape index (κ3) is 9.02. The van der Waals surface area contributed by atoms with Gasteiger partial charge in [0.25, 0.3) is 0 Å². The lowest BCUT2D eigenvalue weighted by Crippen LogP contribution is -2.42. The fourth-order valence-electron chi connectivity index (χ4n) is 1.31. The Morgan fingerprint density at radius 3 is 2.65 bits per heavy atom. The van der Waals surface area contributed by atoms with E-state index in [0.717, 1.165) is 0 Å². The van der Waals surface area contributed by atoms with Crippen molar-refractivity contribution in [3.05, 3.63) is 0 Å². The van der Waals surface area contributed by atoms with Crippen LogP contribution in [0.1, 0.15) is 20.3 Å². The Morgan fingerprint density at radius 2 is 2.18 bits per heavy atom. The molecule has 0 fully saturated rings. The molecular weight excluding hydrogens is 238 g/mol. The van der Waals surface area contributed by atoms with Crippen molar-refractivity contribution < 1.29 is 9.53 Å². The number of methoxy groups -OCH3 is 1. The monoisotopic (exact) mass is 261 g/mol. The minimum atomic E-state index is -0.00121. The van der Waals surface area contributed by atoms with Crippen LogP contribution in [0.3, 0.4) is 0 Å². The molecule has 17 heavy (non-hydrogen) atoms. The topological polar surface area (TPSA) is 67.6 Å². The number of nitrogens with zero attached hydrogens (tertiary/aromatic N) is 1. The van der Waals surface area contributed by atoms with Gasteiger partial charge in [-0.2, -0.15) is 0 Å². The molecule has 0 spiro atoms. The van der Waals surface area contributed by atoms with Gasteiger partial charge in [-0.15, -0.1) is 0 Å². The van der Waals surface area contributed by atoms with Crippen LogP contribution in [0.4, 0.5) is 0 Å². The van der Waals surface area contributed by atoms with Gasteiger partial charge in [0, 0.05) is 32.7 Å². The maximum atomic E-state index is 11.6. The van der Waals surface area contributed by atoms with Gasteiger partial charge < -0.3 is 15.8 Å². The van der Waals surface area contributed by atoms with Crippen LogP contribution in [0.15, 0.2) is 0 Å². The summed E-state index contributed by atoms with van der Waals surface area (Å²) in [7, 11) is 1.61. The maximum Gasteiger partial charge on any atom is 0.234 e. The molecule has 0 radical (unpaired) electrons. The summed E-state index contributed by atoms with van der Waals surface area (Å²) in [5.74, 6) is -0.00121. The number of ether oxygens (including phenoxy) is 1. The molecule has 0 rings (SSSR count). The number of carbonyl (C=O) groups excluding carboxylic acids is 1. The van der Waals surface area contributed by atoms with Gasteiger partial charge in [0.2, 0.25) is 5.91 Å². The summed E-state index contributed by atoms with van der Waals surface area (Å²) in [6.45, 7) is 6.23. The van der Waals surface area contributed by atoms with E-state index in [9.17, 15) is 4.79 Å². The molecule has 0 heterocycles. The quantitative estimate of drug-likeness (QED) is 0.456. The molecule has 0 aliphatic heterocycles. The summed E-state index contributed by atoms with van der Waals surface area (Å²) in [4.78, 5) is 14.1. The zero-order valence-corrected chi connectivity index (χ0v) is 11.7. The van der Waals surface area contributed by atoms with Gasteiger partial charge in [-0.1, -0.05) is 12.2 Å². The summed E-state index contributed by atoms with van der Waals surface area (Å²) in [6.07, 6.45) is 0.638. The van der Waals surface area contributed by atoms with Gasteiger partial charge in [0.05, 0.1) is 18.1 Å². The van der Waals surface area contributed by atoms with Gasteiger partial charge in [-0.05, 0) is 13.8 Å². The number of hydrogen-bond donors (Lipinski definition) is 2. The van der Waals surface area contributed by atoms with Crippen molar-refractivity contribution in [2.45, 2.75) is 26.3 Å². The standard InChI is InChI=1S/C11H23N3O2S/c1-9(2)14(6-4-10(12)17)8-11(15)13-5-7-16-3/h9H,4-8H2,1-3H3,(H2,12,17)(H,13,15). The largest absolute Gasteiger partial charge is 0.393 e. The Bertz CT molecular complexity index is 247. The highest BCUT2D eigenvalue weighted by molar-refractivity contribution is 7.80. The lowest BCUT2D eigenvalue weighted by atomic mass is 10.2. The highest BCUT2D eigenvalue weighted by Crippen LogP contribution is 1.99. The van der Waals surface area contributed by atoms with Crippen molar-refractivity contribution in [2.24, 2.45) is 5.73 Å². The molecule has 0 aromatic carbocycles. The summed E-state index contributed by atoms with van der Waals surface area (Å²) >= 11 is 4.83. The van der Waals surface area contributed by atoms with Gasteiger partial charge >= 0.3 is 0 Å². The fourth-order valence-corrected chi connectivity index (χ4v) is 1.40. The number of rotatable bonds is 9. The minimum Gasteiger partial charge on any atom is -0.393 e. The van der Waals surface area contributed by atoms with E-state index in [1.54, 1.807) is 7.11 Å². The number of carbonyl (C=O) groups is 1. The van der Waals surface area contributed by atoms with Crippen LogP contribution in [0.25, 0.3) is 0 Å². The van der Waals surface area contributed by atoms with Gasteiger partial charge in [-0.3, -0.25) is 9.69 Å². The SMILES string of the molecule is COCCNC(=O)CN(CCC(N)=S)C(C)C. The molecular formula is C11H23N3O2S. The first kappa shape index (κ1) is 16.3. The first-order valence-corrected chi connectivity index (χ1v) is 6.16. The lowest BCUT2D eigenvalue weighted by Gasteiger charge is -2.25. The molecule has 6 heteroatoms. The Kier molecular flexibility index (Phi) is 8.93. The minimum absolute atomic E-state index is 0.00121. The van der Waals surface area contributed by atoms with Gasteiger partial charge in [-0.25, -0.2) is 0 Å². The van der Waals surface area contributed by atoms with Crippen molar-refractivity contribution in [2.75, 3.05) is 33.4 Å². The number of amides is 1. The van der Waals surface area contributed by atoms with Crippen LogP contribution in [0, 0.1) is 0 Å². The van der Waals surface area contributed by atoms with Crippen molar-refractivity contribution in [1.82, 2.24) is 10.2 Å². The van der Waals surface area contributed by atoms with Crippen LogP contribution < -0.4 is 11.1 Å². The Morgan fingerprint density at radius 1 is 1.53 bits per heavy atom. The van der Waals surface area contributed by atoms with Crippen molar-refractivity contribution in [3.8, 4) is 0 Å². The third-order valence-corrected chi connectivity index (χ3v) is 2.55. The van der Waals surface area contributed by atoms with Crippen molar-refractivity contribution in [1.29, 1.82) is 0 Å². The van der Waals surface area contributed by atoms with E-state index in [4.69, 9.17) is 22.7 Å². The highest BCUT2D eigenvalue weighted by atomic mass is 32.1. The lowest BCUT2D eigenvalue weighted by molar-refractivity contribution is -0.122. The molecule has 0 saturated carbocycles. The molecule has 0 unspecified atom stereocenters. The fraction of sp³-hybridized carbons (Fsp3) is 0.818. The predicted octanol–water partition coefficient (Wildman–Crippen LogP) is 0.136. The van der Waals surface area contributed by atoms with Crippen molar-refractivity contribution in [3.63, 3.8) is 0 Å². The second-order valence-corrected chi connectivity index (χ2v) is 4.65. The van der Waals surface area contributed by atoms with Crippen molar-refractivity contribution >= 4 is 23.1 Å². The van der Waals surface area contributed by atoms with E-state index < -0.39 is 0 Å². The van der Waals surface area contributed by atoms with E-state index in [-0.39, 0.29) is 11.9 Å². The average Bonchev–Trinajstić information content (AvgIpc) is 2.23. The molecule has 3 N–H and O–H groups in total. The summed E-state index contributed by atoms with van der Waals surface area (Å²) < 4.78 is 4.86. The molecule has 0 aromatic heterocycles. The van der Waals surface area contributed by atoms with Crippen LogP contribution in [0.5, 0.6) is 0 Å². The Balaban J connectivity index is 3.97. The summed E-state index contributed by atoms with van der Waals surface area (Å²) in [5.41, 5.74) is 5.46. The number of hydrogen-bond acceptors (Lipinski definition) is 4. The molecule has 0 aliphatic rings. The number of nitrogens with two attached hydrogens (primary N) is 1. The van der Waals surface area contributed by atoms with Crippen LogP contribution in [0.2, 0.25) is 0 Å². The van der Waals surface area contributed by atoms with E-state index >= 15 is 0 Å². The van der Waals surface area contributed by atoms with Crippen LogP contribution >= 0.6 is 12.2 Å². The zero-order valence-electron chi connectivity index (χ0n) is 10.9. The molecule has 0 aliphatic carbocycles. The summed E-state index contributed by atoms with van der Waals surface area (Å²) in [5, 5.41) is 2.79. The Hall–Kier alpha value is -0.720. The van der Waals surface area contributed by atoms with E-state index in [0.29, 0.717) is 37.7 Å². The van der Waals surface area contributed by atoms with E-state index in [1.165, 1.54) is 0 Å². The second kappa shape index (κ2) is 9.32. The third-order valence-electron chi connectivity index (χ3n) is 2.35. The highest BCUT2D eigenvalue weighted by Gasteiger charge is 2.13. The number of nitrogens with one attached hydrogen (secondary N) is 1. The van der Waals surface area contributed by atoms with Gasteiger partial charge in [0.15, 0.2) is 0 Å². The molecule has 0 saturated heterocycles. The normalized spacial score (nSPS) is 10.9. The van der Waals surface area contributed by atoms with E-state index in [2.05, 4.69) is 5.32 Å². The summed E-state index contributed by atoms with van der Waals surface area (Å²) in [6, 6.07) is 0.289. The number of thiocarbonyl (C=S) groups is 1. The predicted molar refractivity (Wildman–Crippen MR) is 73.0 cm³/mol.